The lowest BCUT2D eigenvalue weighted by atomic mass is 9.93. The third-order valence-corrected chi connectivity index (χ3v) is 11.1. The molecule has 2 fully saturated rings. The molecule has 64 heavy (non-hydrogen) atoms. The molecule has 8 rings (SSSR count). The number of unbranched alkanes of at least 4 members (excludes halogenated alkanes) is 1. The monoisotopic (exact) mass is 875 g/mol. The molecule has 3 aliphatic rings. The van der Waals surface area contributed by atoms with E-state index in [9.17, 15) is 28.8 Å². The van der Waals surface area contributed by atoms with E-state index in [0.717, 1.165) is 16.7 Å². The third kappa shape index (κ3) is 9.53. The number of carbonyl (C=O) groups is 6. The van der Waals surface area contributed by atoms with Crippen LogP contribution in [0.3, 0.4) is 0 Å². The molecule has 7 amide bonds. The van der Waals surface area contributed by atoms with Crippen molar-refractivity contribution in [2.75, 3.05) is 42.3 Å². The summed E-state index contributed by atoms with van der Waals surface area (Å²) in [5.41, 5.74) is 4.16. The summed E-state index contributed by atoms with van der Waals surface area (Å²) < 4.78 is 18.7. The highest BCUT2D eigenvalue weighted by Gasteiger charge is 2.45. The lowest BCUT2D eigenvalue weighted by Gasteiger charge is -2.36. The number of hydrogen-bond donors (Lipinski definition) is 3. The van der Waals surface area contributed by atoms with E-state index in [1.165, 1.54) is 9.80 Å². The summed E-state index contributed by atoms with van der Waals surface area (Å²) in [6.07, 6.45) is 1.98. The maximum Gasteiger partial charge on any atom is 0.434 e. The molecular weight excluding hydrogens is 827 g/mol. The Morgan fingerprint density at radius 2 is 1.77 bits per heavy atom. The fraction of sp³-hybridized carbons (Fsp3) is 0.378. The Kier molecular flexibility index (Phi) is 12.3. The standard InChI is InChI=1S/C45H49N9O10/c1-27-24-51(19-21-61-27)44(60)64-54-40(56)18-17-36(42(54)58)52-25-32-31(41(52)57)8-7-9-33(32)48-39(55)10-5-6-20-62-30-15-16-35-34(22-30)46-26-53(35)29-13-11-28(12-14-29)47-43(59)49-38-23-37(63-50-38)45(2,3)4/h7-9,11-16,22-23,26-27,36H,5-6,10,17-21,24-25H2,1-4H3,(H,48,55)(H2,47,49,50,59). The predicted octanol–water partition coefficient (Wildman–Crippen LogP) is 6.39. The molecule has 5 aromatic rings. The number of nitrogens with zero attached hydrogens (tertiary/aromatic N) is 6. The molecule has 0 bridgehead atoms. The molecule has 2 aromatic heterocycles. The van der Waals surface area contributed by atoms with Gasteiger partial charge in [-0.25, -0.2) is 14.6 Å². The van der Waals surface area contributed by atoms with E-state index in [-0.39, 0.29) is 56.3 Å². The molecular formula is C45H49N9O10. The summed E-state index contributed by atoms with van der Waals surface area (Å²) in [5.74, 6) is -0.494. The highest BCUT2D eigenvalue weighted by Crippen LogP contribution is 2.34. The van der Waals surface area contributed by atoms with Crippen molar-refractivity contribution in [1.82, 2.24) is 29.6 Å². The lowest BCUT2D eigenvalue weighted by Crippen LogP contribution is -2.56. The molecule has 19 heteroatoms. The van der Waals surface area contributed by atoms with Gasteiger partial charge in [-0.15, -0.1) is 0 Å². The molecule has 2 saturated heterocycles. The van der Waals surface area contributed by atoms with Crippen LogP contribution >= 0.6 is 0 Å². The fourth-order valence-corrected chi connectivity index (χ4v) is 7.72. The van der Waals surface area contributed by atoms with Crippen LogP contribution in [-0.4, -0.2) is 104 Å². The molecule has 0 saturated carbocycles. The Bertz CT molecular complexity index is 2600. The van der Waals surface area contributed by atoms with Crippen molar-refractivity contribution in [2.24, 2.45) is 0 Å². The van der Waals surface area contributed by atoms with E-state index in [4.69, 9.17) is 18.8 Å². The minimum absolute atomic E-state index is 0.0310. The van der Waals surface area contributed by atoms with Crippen LogP contribution in [0.15, 0.2) is 77.6 Å². The highest BCUT2D eigenvalue weighted by molar-refractivity contribution is 6.07. The highest BCUT2D eigenvalue weighted by atomic mass is 16.7. The summed E-state index contributed by atoms with van der Waals surface area (Å²) in [4.78, 5) is 90.8. The predicted molar refractivity (Wildman–Crippen MR) is 232 cm³/mol. The number of benzene rings is 3. The van der Waals surface area contributed by atoms with Crippen molar-refractivity contribution in [3.8, 4) is 11.4 Å². The molecule has 0 radical (unpaired) electrons. The van der Waals surface area contributed by atoms with Gasteiger partial charge in [0.1, 0.15) is 23.9 Å². The van der Waals surface area contributed by atoms with Gasteiger partial charge >= 0.3 is 12.1 Å². The Morgan fingerprint density at radius 1 is 0.953 bits per heavy atom. The van der Waals surface area contributed by atoms with E-state index < -0.39 is 35.9 Å². The van der Waals surface area contributed by atoms with Crippen LogP contribution in [0.2, 0.25) is 0 Å². The molecule has 19 nitrogen and oxygen atoms in total. The number of anilines is 3. The number of imidazole rings is 1. The Balaban J connectivity index is 0.788. The van der Waals surface area contributed by atoms with Gasteiger partial charge in [-0.05, 0) is 74.7 Å². The Labute approximate surface area is 367 Å². The number of carbonyl (C=O) groups excluding carboxylic acids is 6. The topological polar surface area (TPSA) is 220 Å². The average molecular weight is 876 g/mol. The molecule has 2 atom stereocenters. The number of hydroxylamine groups is 2. The molecule has 3 N–H and O–H groups in total. The van der Waals surface area contributed by atoms with Crippen molar-refractivity contribution in [2.45, 2.75) is 83.9 Å². The van der Waals surface area contributed by atoms with Gasteiger partial charge in [-0.2, -0.15) is 0 Å². The number of amides is 7. The number of fused-ring (bicyclic) bond motifs is 2. The zero-order chi connectivity index (χ0) is 45.1. The van der Waals surface area contributed by atoms with Gasteiger partial charge in [0.2, 0.25) is 5.91 Å². The van der Waals surface area contributed by atoms with Crippen LogP contribution < -0.4 is 20.7 Å². The lowest BCUT2D eigenvalue weighted by molar-refractivity contribution is -0.190. The minimum Gasteiger partial charge on any atom is -0.494 e. The van der Waals surface area contributed by atoms with Gasteiger partial charge in [0, 0.05) is 71.7 Å². The fourth-order valence-electron chi connectivity index (χ4n) is 7.72. The van der Waals surface area contributed by atoms with Crippen LogP contribution in [0.4, 0.5) is 26.8 Å². The van der Waals surface area contributed by atoms with Gasteiger partial charge in [0.25, 0.3) is 17.7 Å². The normalized spacial score (nSPS) is 17.7. The number of morpholine rings is 1. The van der Waals surface area contributed by atoms with Gasteiger partial charge in [-0.3, -0.25) is 29.1 Å². The summed E-state index contributed by atoms with van der Waals surface area (Å²) in [7, 11) is 0. The molecule has 3 aliphatic heterocycles. The van der Waals surface area contributed by atoms with E-state index >= 15 is 0 Å². The average Bonchev–Trinajstić information content (AvgIpc) is 4.00. The van der Waals surface area contributed by atoms with Gasteiger partial charge in [0.15, 0.2) is 5.82 Å². The minimum atomic E-state index is -1.04. The first-order valence-corrected chi connectivity index (χ1v) is 21.2. The maximum atomic E-state index is 13.6. The summed E-state index contributed by atoms with van der Waals surface area (Å²) >= 11 is 0. The van der Waals surface area contributed by atoms with E-state index in [2.05, 4.69) is 26.1 Å². The van der Waals surface area contributed by atoms with Crippen LogP contribution in [0.1, 0.15) is 81.5 Å². The van der Waals surface area contributed by atoms with Crippen molar-refractivity contribution in [3.63, 3.8) is 0 Å². The summed E-state index contributed by atoms with van der Waals surface area (Å²) in [6.45, 7) is 8.99. The summed E-state index contributed by atoms with van der Waals surface area (Å²) in [5, 5.41) is 12.8. The molecule has 2 unspecified atom stereocenters. The number of aromatic nitrogens is 3. The molecule has 5 heterocycles. The van der Waals surface area contributed by atoms with Crippen molar-refractivity contribution < 1.29 is 47.6 Å². The van der Waals surface area contributed by atoms with Crippen molar-refractivity contribution in [1.29, 1.82) is 0 Å². The van der Waals surface area contributed by atoms with Gasteiger partial charge in [-0.1, -0.05) is 37.1 Å². The second-order valence-corrected chi connectivity index (χ2v) is 16.9. The van der Waals surface area contributed by atoms with E-state index in [1.807, 2.05) is 55.7 Å². The van der Waals surface area contributed by atoms with Crippen LogP contribution in [-0.2, 0) is 35.9 Å². The second-order valence-electron chi connectivity index (χ2n) is 16.9. The first kappa shape index (κ1) is 43.4. The SMILES string of the molecule is CC1CN(C(=O)ON2C(=O)CCC(N3Cc4c(NC(=O)CCCCOc5ccc6c(c5)ncn6-c5ccc(NC(=O)Nc6cc(C(C)(C)C)on6)cc5)cccc4C3=O)C2=O)CCO1. The zero-order valence-corrected chi connectivity index (χ0v) is 35.9. The smallest absolute Gasteiger partial charge is 0.434 e. The maximum absolute atomic E-state index is 13.6. The molecule has 0 aliphatic carbocycles. The number of ether oxygens (including phenoxy) is 2. The number of hydrogen-bond acceptors (Lipinski definition) is 12. The Morgan fingerprint density at radius 3 is 2.53 bits per heavy atom. The van der Waals surface area contributed by atoms with Crippen LogP contribution in [0.25, 0.3) is 16.7 Å². The largest absolute Gasteiger partial charge is 0.494 e. The second kappa shape index (κ2) is 18.2. The van der Waals surface area contributed by atoms with Crippen LogP contribution in [0.5, 0.6) is 5.75 Å². The number of imide groups is 1. The number of rotatable bonds is 12. The zero-order valence-electron chi connectivity index (χ0n) is 35.9. The first-order valence-electron chi connectivity index (χ1n) is 21.2. The van der Waals surface area contributed by atoms with E-state index in [0.29, 0.717) is 70.9 Å². The van der Waals surface area contributed by atoms with Crippen molar-refractivity contribution in [3.05, 3.63) is 89.9 Å². The molecule has 3 aromatic carbocycles. The molecule has 0 spiro atoms. The number of urea groups is 1. The number of nitrogens with one attached hydrogen (secondary N) is 3. The van der Waals surface area contributed by atoms with Crippen LogP contribution in [0, 0.1) is 0 Å². The Hall–Kier alpha value is -7.28. The third-order valence-electron chi connectivity index (χ3n) is 11.1. The first-order chi connectivity index (χ1) is 30.7. The quantitative estimate of drug-likeness (QED) is 0.0918. The van der Waals surface area contributed by atoms with Crippen molar-refractivity contribution >= 4 is 64.0 Å². The van der Waals surface area contributed by atoms with Gasteiger partial charge in [0.05, 0.1) is 36.9 Å². The molecule has 334 valence electrons. The summed E-state index contributed by atoms with van der Waals surface area (Å²) in [6, 6.07) is 18.2. The van der Waals surface area contributed by atoms with E-state index in [1.54, 1.807) is 49.6 Å². The number of piperidine rings is 1. The van der Waals surface area contributed by atoms with Gasteiger partial charge < -0.3 is 39.3 Å².